The number of benzene rings is 4. The van der Waals surface area contributed by atoms with Crippen molar-refractivity contribution >= 4 is 11.6 Å². The van der Waals surface area contributed by atoms with E-state index in [0.29, 0.717) is 6.42 Å². The number of amides is 1. The molecule has 0 bridgehead atoms. The average Bonchev–Trinajstić information content (AvgIpc) is 3.34. The normalized spacial score (nSPS) is 15.8. The molecule has 1 aliphatic heterocycles. The largest absolute Gasteiger partial charge is 0.417 e. The van der Waals surface area contributed by atoms with E-state index in [0.717, 1.165) is 28.8 Å². The highest BCUT2D eigenvalue weighted by Gasteiger charge is 2.41. The number of halogens is 3. The lowest BCUT2D eigenvalue weighted by atomic mass is 9.80. The third-order valence-electron chi connectivity index (χ3n) is 7.07. The summed E-state index contributed by atoms with van der Waals surface area (Å²) in [6.45, 7) is 0.0752. The molecular formula is C32H25F3N2O2. The highest BCUT2D eigenvalue weighted by Crippen LogP contribution is 2.42. The zero-order chi connectivity index (χ0) is 27.5. The van der Waals surface area contributed by atoms with E-state index in [2.05, 4.69) is 0 Å². The molecule has 7 heteroatoms. The summed E-state index contributed by atoms with van der Waals surface area (Å²) in [7, 11) is 0. The number of ether oxygens (including phenoxy) is 1. The van der Waals surface area contributed by atoms with E-state index in [1.807, 2.05) is 91.0 Å². The van der Waals surface area contributed by atoms with Gasteiger partial charge >= 0.3 is 6.18 Å². The first-order chi connectivity index (χ1) is 18.8. The van der Waals surface area contributed by atoms with Crippen LogP contribution in [0.3, 0.4) is 0 Å². The molecule has 196 valence electrons. The van der Waals surface area contributed by atoms with E-state index < -0.39 is 28.9 Å². The van der Waals surface area contributed by atoms with Gasteiger partial charge in [0.05, 0.1) is 29.8 Å². The van der Waals surface area contributed by atoms with Gasteiger partial charge in [-0.15, -0.1) is 0 Å². The van der Waals surface area contributed by atoms with E-state index >= 15 is 0 Å². The van der Waals surface area contributed by atoms with E-state index in [1.54, 1.807) is 6.07 Å². The van der Waals surface area contributed by atoms with Gasteiger partial charge in [0.15, 0.2) is 0 Å². The fraction of sp³-hybridized carbons (Fsp3) is 0.188. The molecule has 1 fully saturated rings. The molecule has 0 radical (unpaired) electrons. The molecule has 0 aliphatic carbocycles. The number of alkyl halides is 3. The molecule has 0 aromatic heterocycles. The van der Waals surface area contributed by atoms with E-state index in [9.17, 15) is 23.2 Å². The van der Waals surface area contributed by atoms with Gasteiger partial charge in [-0.3, -0.25) is 4.79 Å². The second-order valence-corrected chi connectivity index (χ2v) is 9.39. The maximum atomic E-state index is 13.7. The molecule has 39 heavy (non-hydrogen) atoms. The first kappa shape index (κ1) is 26.2. The SMILES string of the molecule is N#Cc1ccc(N2C(=O)CCC2COC(c2ccccc2)(c2ccccc2)c2ccccc2)cc1C(F)(F)F. The van der Waals surface area contributed by atoms with Gasteiger partial charge in [0.2, 0.25) is 5.91 Å². The van der Waals surface area contributed by atoms with Gasteiger partial charge in [0.25, 0.3) is 0 Å². The Hall–Kier alpha value is -4.41. The fourth-order valence-electron chi connectivity index (χ4n) is 5.26. The Morgan fingerprint density at radius 2 is 1.33 bits per heavy atom. The van der Waals surface area contributed by atoms with Crippen molar-refractivity contribution in [2.45, 2.75) is 30.7 Å². The number of hydrogen-bond acceptors (Lipinski definition) is 3. The van der Waals surface area contributed by atoms with Crippen LogP contribution >= 0.6 is 0 Å². The summed E-state index contributed by atoms with van der Waals surface area (Å²) in [4.78, 5) is 14.3. The third kappa shape index (κ3) is 5.04. The van der Waals surface area contributed by atoms with Crippen LogP contribution in [0.15, 0.2) is 109 Å². The van der Waals surface area contributed by atoms with Crippen molar-refractivity contribution in [1.82, 2.24) is 0 Å². The summed E-state index contributed by atoms with van der Waals surface area (Å²) in [5, 5.41) is 9.19. The van der Waals surface area contributed by atoms with Crippen molar-refractivity contribution in [3.8, 4) is 6.07 Å². The molecule has 0 saturated carbocycles. The minimum Gasteiger partial charge on any atom is -0.359 e. The summed E-state index contributed by atoms with van der Waals surface area (Å²) in [5.74, 6) is -0.286. The predicted molar refractivity (Wildman–Crippen MR) is 142 cm³/mol. The Bertz CT molecular complexity index is 1390. The average molecular weight is 527 g/mol. The van der Waals surface area contributed by atoms with Crippen LogP contribution < -0.4 is 4.90 Å². The number of carbonyl (C=O) groups excluding carboxylic acids is 1. The van der Waals surface area contributed by atoms with Gasteiger partial charge in [0, 0.05) is 12.1 Å². The molecule has 4 aromatic rings. The summed E-state index contributed by atoms with van der Waals surface area (Å²) in [6.07, 6.45) is -4.11. The molecule has 0 N–H and O–H groups in total. The van der Waals surface area contributed by atoms with Crippen LogP contribution in [-0.2, 0) is 21.3 Å². The van der Waals surface area contributed by atoms with Crippen LogP contribution in [0.1, 0.15) is 40.7 Å². The molecule has 4 nitrogen and oxygen atoms in total. The molecule has 1 heterocycles. The van der Waals surface area contributed by atoms with E-state index in [1.165, 1.54) is 11.0 Å². The second-order valence-electron chi connectivity index (χ2n) is 9.39. The van der Waals surface area contributed by atoms with Crippen molar-refractivity contribution in [1.29, 1.82) is 5.26 Å². The molecule has 0 spiro atoms. The lowest BCUT2D eigenvalue weighted by Crippen LogP contribution is -2.41. The van der Waals surface area contributed by atoms with Crippen LogP contribution in [0.5, 0.6) is 0 Å². The second kappa shape index (κ2) is 10.8. The molecule has 1 amide bonds. The Morgan fingerprint density at radius 1 is 0.821 bits per heavy atom. The highest BCUT2D eigenvalue weighted by atomic mass is 19.4. The van der Waals surface area contributed by atoms with Crippen LogP contribution in [0.2, 0.25) is 0 Å². The Labute approximate surface area is 224 Å². The lowest BCUT2D eigenvalue weighted by molar-refractivity contribution is -0.137. The number of hydrogen-bond donors (Lipinski definition) is 0. The summed E-state index contributed by atoms with van der Waals surface area (Å²) >= 11 is 0. The summed E-state index contributed by atoms with van der Waals surface area (Å²) < 4.78 is 47.9. The zero-order valence-electron chi connectivity index (χ0n) is 20.9. The minimum absolute atomic E-state index is 0.0752. The van der Waals surface area contributed by atoms with Gasteiger partial charge in [0.1, 0.15) is 5.60 Å². The predicted octanol–water partition coefficient (Wildman–Crippen LogP) is 7.08. The Kier molecular flexibility index (Phi) is 7.23. The minimum atomic E-state index is -4.72. The Morgan fingerprint density at radius 3 is 1.79 bits per heavy atom. The van der Waals surface area contributed by atoms with Gasteiger partial charge in [-0.25, -0.2) is 0 Å². The van der Waals surface area contributed by atoms with Crippen molar-refractivity contribution in [3.63, 3.8) is 0 Å². The van der Waals surface area contributed by atoms with Gasteiger partial charge in [-0.1, -0.05) is 91.0 Å². The first-order valence-electron chi connectivity index (χ1n) is 12.6. The van der Waals surface area contributed by atoms with Gasteiger partial charge in [-0.2, -0.15) is 18.4 Å². The van der Waals surface area contributed by atoms with Crippen LogP contribution in [0.4, 0.5) is 18.9 Å². The first-order valence-corrected chi connectivity index (χ1v) is 12.6. The van der Waals surface area contributed by atoms with Gasteiger partial charge in [-0.05, 0) is 41.3 Å². The maximum Gasteiger partial charge on any atom is 0.417 e. The standard InChI is InChI=1S/C32H25F3N2O2/c33-32(34,35)29-20-27(17-16-23(29)21-36)37-28(18-19-30(37)38)22-39-31(24-10-4-1-5-11-24,25-12-6-2-7-13-25)26-14-8-3-9-15-26/h1-17,20,28H,18-19,22H2. The number of anilines is 1. The number of carbonyl (C=O) groups is 1. The molecular weight excluding hydrogens is 501 g/mol. The number of rotatable bonds is 7. The molecule has 1 aliphatic rings. The smallest absolute Gasteiger partial charge is 0.359 e. The number of nitriles is 1. The zero-order valence-corrected chi connectivity index (χ0v) is 20.9. The summed E-state index contributed by atoms with van der Waals surface area (Å²) in [6, 6.07) is 33.7. The van der Waals surface area contributed by atoms with Crippen LogP contribution in [0.25, 0.3) is 0 Å². The maximum absolute atomic E-state index is 13.7. The topological polar surface area (TPSA) is 53.3 Å². The molecule has 1 unspecified atom stereocenters. The van der Waals surface area contributed by atoms with Crippen molar-refractivity contribution in [3.05, 3.63) is 137 Å². The van der Waals surface area contributed by atoms with Gasteiger partial charge < -0.3 is 9.64 Å². The van der Waals surface area contributed by atoms with Crippen LogP contribution in [-0.4, -0.2) is 18.6 Å². The Balaban J connectivity index is 1.56. The van der Waals surface area contributed by atoms with E-state index in [4.69, 9.17) is 4.74 Å². The lowest BCUT2D eigenvalue weighted by Gasteiger charge is -2.38. The third-order valence-corrected chi connectivity index (χ3v) is 7.07. The van der Waals surface area contributed by atoms with Crippen molar-refractivity contribution in [2.24, 2.45) is 0 Å². The summed E-state index contributed by atoms with van der Waals surface area (Å²) in [5.41, 5.74) is 0.185. The quantitative estimate of drug-likeness (QED) is 0.242. The monoisotopic (exact) mass is 526 g/mol. The molecule has 5 rings (SSSR count). The number of nitrogens with zero attached hydrogens (tertiary/aromatic N) is 2. The van der Waals surface area contributed by atoms with Crippen molar-refractivity contribution in [2.75, 3.05) is 11.5 Å². The fourth-order valence-corrected chi connectivity index (χ4v) is 5.26. The van der Waals surface area contributed by atoms with Crippen LogP contribution in [0, 0.1) is 11.3 Å². The molecule has 1 saturated heterocycles. The highest BCUT2D eigenvalue weighted by molar-refractivity contribution is 5.96. The van der Waals surface area contributed by atoms with E-state index in [-0.39, 0.29) is 24.6 Å². The molecule has 1 atom stereocenters. The van der Waals surface area contributed by atoms with Crippen molar-refractivity contribution < 1.29 is 22.7 Å². The molecule has 4 aromatic carbocycles.